The van der Waals surface area contributed by atoms with Gasteiger partial charge in [-0.2, -0.15) is 0 Å². The molecule has 0 saturated heterocycles. The fourth-order valence-corrected chi connectivity index (χ4v) is 3.54. The van der Waals surface area contributed by atoms with E-state index in [0.29, 0.717) is 12.3 Å². The average molecular weight is 382 g/mol. The summed E-state index contributed by atoms with van der Waals surface area (Å²) in [5.74, 6) is 1.94. The van der Waals surface area contributed by atoms with Crippen molar-refractivity contribution in [2.75, 3.05) is 12.9 Å². The molecule has 0 fully saturated rings. The molecule has 0 bridgehead atoms. The Morgan fingerprint density at radius 1 is 1.11 bits per heavy atom. The Kier molecular flexibility index (Phi) is 6.65. The van der Waals surface area contributed by atoms with Gasteiger partial charge < -0.3 is 10.1 Å². The van der Waals surface area contributed by atoms with E-state index in [1.807, 2.05) is 48.5 Å². The van der Waals surface area contributed by atoms with Crippen LogP contribution in [0.3, 0.4) is 0 Å². The van der Waals surface area contributed by atoms with Crippen LogP contribution in [0.25, 0.3) is 10.9 Å². The number of carbonyl (C=O) groups excluding carboxylic acids is 1. The van der Waals surface area contributed by atoms with Crippen LogP contribution in [0.15, 0.2) is 53.6 Å². The number of hydrogen-bond donors (Lipinski definition) is 1. The number of amides is 1. The van der Waals surface area contributed by atoms with Crippen molar-refractivity contribution in [3.8, 4) is 5.75 Å². The molecule has 1 aromatic heterocycles. The highest BCUT2D eigenvalue weighted by molar-refractivity contribution is 8.00. The third-order valence-corrected chi connectivity index (χ3v) is 5.07. The lowest BCUT2D eigenvalue weighted by Crippen LogP contribution is -2.24. The largest absolute Gasteiger partial charge is 0.497 e. The van der Waals surface area contributed by atoms with Crippen molar-refractivity contribution in [1.82, 2.24) is 15.3 Å². The van der Waals surface area contributed by atoms with E-state index in [4.69, 9.17) is 4.74 Å². The van der Waals surface area contributed by atoms with E-state index in [1.54, 1.807) is 7.11 Å². The molecule has 0 unspecified atom stereocenters. The zero-order valence-corrected chi connectivity index (χ0v) is 16.4. The highest BCUT2D eigenvalue weighted by atomic mass is 32.2. The van der Waals surface area contributed by atoms with Crippen LogP contribution in [0.2, 0.25) is 0 Å². The standard InChI is InChI=1S/C21H23N3O2S/c1-3-6-19-23-18-8-5-4-7-17(18)21(24-19)27-14-20(25)22-13-15-9-11-16(26-2)12-10-15/h4-5,7-12H,3,6,13-14H2,1-2H3,(H,22,25). The maximum Gasteiger partial charge on any atom is 0.230 e. The first kappa shape index (κ1) is 19.2. The Labute approximate surface area is 163 Å². The molecule has 0 saturated carbocycles. The zero-order valence-electron chi connectivity index (χ0n) is 15.6. The maximum absolute atomic E-state index is 12.3. The first-order valence-electron chi connectivity index (χ1n) is 8.97. The Bertz CT molecular complexity index is 913. The Hall–Kier alpha value is -2.60. The lowest BCUT2D eigenvalue weighted by Gasteiger charge is -2.09. The summed E-state index contributed by atoms with van der Waals surface area (Å²) in [5, 5.41) is 4.81. The normalized spacial score (nSPS) is 10.7. The summed E-state index contributed by atoms with van der Waals surface area (Å²) in [4.78, 5) is 21.5. The highest BCUT2D eigenvalue weighted by Crippen LogP contribution is 2.25. The quantitative estimate of drug-likeness (QED) is 0.472. The topological polar surface area (TPSA) is 64.1 Å². The second kappa shape index (κ2) is 9.37. The average Bonchev–Trinajstić information content (AvgIpc) is 2.71. The second-order valence-corrected chi connectivity index (χ2v) is 7.09. The van der Waals surface area contributed by atoms with E-state index in [2.05, 4.69) is 22.2 Å². The van der Waals surface area contributed by atoms with Gasteiger partial charge in [0.15, 0.2) is 0 Å². The number of carbonyl (C=O) groups is 1. The number of nitrogens with zero attached hydrogens (tertiary/aromatic N) is 2. The Morgan fingerprint density at radius 2 is 1.89 bits per heavy atom. The number of fused-ring (bicyclic) bond motifs is 1. The summed E-state index contributed by atoms with van der Waals surface area (Å²) in [6.07, 6.45) is 1.83. The van der Waals surface area contributed by atoms with Crippen LogP contribution in [0.1, 0.15) is 24.7 Å². The molecule has 0 radical (unpaired) electrons. The molecule has 1 N–H and O–H groups in total. The third kappa shape index (κ3) is 5.20. The highest BCUT2D eigenvalue weighted by Gasteiger charge is 2.10. The van der Waals surface area contributed by atoms with Gasteiger partial charge >= 0.3 is 0 Å². The van der Waals surface area contributed by atoms with E-state index in [9.17, 15) is 4.79 Å². The van der Waals surface area contributed by atoms with Crippen LogP contribution < -0.4 is 10.1 Å². The minimum absolute atomic E-state index is 0.0180. The van der Waals surface area contributed by atoms with E-state index >= 15 is 0 Å². The van der Waals surface area contributed by atoms with Gasteiger partial charge in [0.05, 0.1) is 18.4 Å². The van der Waals surface area contributed by atoms with Crippen LogP contribution in [0, 0.1) is 0 Å². The third-order valence-electron chi connectivity index (χ3n) is 4.08. The lowest BCUT2D eigenvalue weighted by atomic mass is 10.2. The zero-order chi connectivity index (χ0) is 19.1. The summed E-state index contributed by atoms with van der Waals surface area (Å²) in [6.45, 7) is 2.60. The predicted molar refractivity (Wildman–Crippen MR) is 109 cm³/mol. The first-order chi connectivity index (χ1) is 13.2. The molecule has 1 heterocycles. The summed E-state index contributed by atoms with van der Waals surface area (Å²) in [6, 6.07) is 15.6. The van der Waals surface area contributed by atoms with Gasteiger partial charge in [0, 0.05) is 18.4 Å². The molecule has 0 aliphatic carbocycles. The molecule has 6 heteroatoms. The van der Waals surface area contributed by atoms with Crippen LogP contribution in [0.4, 0.5) is 0 Å². The fraction of sp³-hybridized carbons (Fsp3) is 0.286. The Balaban J connectivity index is 1.62. The van der Waals surface area contributed by atoms with Crippen molar-refractivity contribution in [2.45, 2.75) is 31.3 Å². The first-order valence-corrected chi connectivity index (χ1v) is 9.96. The molecule has 5 nitrogen and oxygen atoms in total. The monoisotopic (exact) mass is 381 g/mol. The van der Waals surface area contributed by atoms with Gasteiger partial charge in [-0.15, -0.1) is 0 Å². The van der Waals surface area contributed by atoms with Crippen molar-refractivity contribution >= 4 is 28.6 Å². The SMILES string of the molecule is CCCc1nc(SCC(=O)NCc2ccc(OC)cc2)c2ccccc2n1. The van der Waals surface area contributed by atoms with E-state index < -0.39 is 0 Å². The van der Waals surface area contributed by atoms with Crippen molar-refractivity contribution in [1.29, 1.82) is 0 Å². The molecule has 3 rings (SSSR count). The van der Waals surface area contributed by atoms with Crippen LogP contribution in [0.5, 0.6) is 5.75 Å². The van der Waals surface area contributed by atoms with Crippen molar-refractivity contribution in [3.05, 3.63) is 59.9 Å². The number of rotatable bonds is 8. The molecule has 1 amide bonds. The van der Waals surface area contributed by atoms with Gasteiger partial charge in [-0.05, 0) is 30.2 Å². The van der Waals surface area contributed by atoms with Crippen molar-refractivity contribution in [2.24, 2.45) is 0 Å². The summed E-state index contributed by atoms with van der Waals surface area (Å²) >= 11 is 1.46. The molecule has 140 valence electrons. The minimum atomic E-state index is -0.0180. The van der Waals surface area contributed by atoms with Crippen LogP contribution >= 0.6 is 11.8 Å². The van der Waals surface area contributed by atoms with Crippen LogP contribution in [-0.4, -0.2) is 28.7 Å². The molecule has 0 aliphatic rings. The number of methoxy groups -OCH3 is 1. The number of para-hydroxylation sites is 1. The van der Waals surface area contributed by atoms with Crippen molar-refractivity contribution < 1.29 is 9.53 Å². The maximum atomic E-state index is 12.3. The van der Waals surface area contributed by atoms with Gasteiger partial charge in [0.2, 0.25) is 5.91 Å². The second-order valence-electron chi connectivity index (χ2n) is 6.13. The number of hydrogen-bond acceptors (Lipinski definition) is 5. The van der Waals surface area contributed by atoms with E-state index in [0.717, 1.165) is 45.9 Å². The van der Waals surface area contributed by atoms with Gasteiger partial charge in [-0.25, -0.2) is 9.97 Å². The minimum Gasteiger partial charge on any atom is -0.497 e. The van der Waals surface area contributed by atoms with Gasteiger partial charge in [0.1, 0.15) is 16.6 Å². The molecule has 0 spiro atoms. The van der Waals surface area contributed by atoms with Gasteiger partial charge in [-0.3, -0.25) is 4.79 Å². The number of nitrogens with one attached hydrogen (secondary N) is 1. The molecular weight excluding hydrogens is 358 g/mol. The molecule has 3 aromatic rings. The number of benzene rings is 2. The van der Waals surface area contributed by atoms with Crippen LogP contribution in [-0.2, 0) is 17.8 Å². The summed E-state index contributed by atoms with van der Waals surface area (Å²) in [5.41, 5.74) is 1.96. The predicted octanol–water partition coefficient (Wildman–Crippen LogP) is 4.00. The Morgan fingerprint density at radius 3 is 2.63 bits per heavy atom. The number of ether oxygens (including phenoxy) is 1. The molecule has 0 atom stereocenters. The lowest BCUT2D eigenvalue weighted by molar-refractivity contribution is -0.118. The van der Waals surface area contributed by atoms with E-state index in [-0.39, 0.29) is 5.91 Å². The summed E-state index contributed by atoms with van der Waals surface area (Å²) < 4.78 is 5.14. The van der Waals surface area contributed by atoms with Gasteiger partial charge in [0.25, 0.3) is 0 Å². The smallest absolute Gasteiger partial charge is 0.230 e. The number of aryl methyl sites for hydroxylation is 1. The number of aromatic nitrogens is 2. The van der Waals surface area contributed by atoms with E-state index in [1.165, 1.54) is 11.8 Å². The van der Waals surface area contributed by atoms with Gasteiger partial charge in [-0.1, -0.05) is 49.0 Å². The van der Waals surface area contributed by atoms with Crippen molar-refractivity contribution in [3.63, 3.8) is 0 Å². The molecule has 2 aromatic carbocycles. The molecule has 27 heavy (non-hydrogen) atoms. The number of thioether (sulfide) groups is 1. The molecule has 0 aliphatic heterocycles. The summed E-state index contributed by atoms with van der Waals surface area (Å²) in [7, 11) is 1.64. The molecular formula is C21H23N3O2S. The fourth-order valence-electron chi connectivity index (χ4n) is 2.67.